The molecule has 9 N–H and O–H groups in total. The zero-order chi connectivity index (χ0) is 69.8. The Balaban J connectivity index is -0.000000177. The van der Waals surface area contributed by atoms with Gasteiger partial charge in [-0.3, -0.25) is 38.4 Å². The zero-order valence-corrected chi connectivity index (χ0v) is 59.4. The van der Waals surface area contributed by atoms with Crippen LogP contribution in [0.1, 0.15) is 218 Å². The minimum atomic E-state index is -1.49. The van der Waals surface area contributed by atoms with Crippen molar-refractivity contribution in [3.8, 4) is 0 Å². The van der Waals surface area contributed by atoms with E-state index in [1.807, 2.05) is 111 Å². The van der Waals surface area contributed by atoms with Crippen LogP contribution in [0.15, 0.2) is 0 Å². The van der Waals surface area contributed by atoms with Gasteiger partial charge in [0.2, 0.25) is 11.8 Å². The van der Waals surface area contributed by atoms with E-state index in [4.69, 9.17) is 40.3 Å². The molecule has 0 aromatic rings. The van der Waals surface area contributed by atoms with Crippen LogP contribution in [0.2, 0.25) is 0 Å². The van der Waals surface area contributed by atoms with Crippen LogP contribution in [0.4, 0.5) is 0 Å². The lowest BCUT2D eigenvalue weighted by molar-refractivity contribution is -0.300. The summed E-state index contributed by atoms with van der Waals surface area (Å²) in [6.45, 7) is 50.5. The molecule has 0 spiro atoms. The molecular weight excluding hydrogens is 1110 g/mol. The predicted octanol–water partition coefficient (Wildman–Crippen LogP) is 8.59. The molecule has 0 bridgehead atoms. The third-order valence-corrected chi connectivity index (χ3v) is 11.8. The molecule has 0 saturated carbocycles. The second kappa shape index (κ2) is 50.1. The number of nitrogens with two attached hydrogens (primary N) is 2. The van der Waals surface area contributed by atoms with Crippen LogP contribution in [0.25, 0.3) is 0 Å². The topological polar surface area (TPSA) is 337 Å². The Labute approximate surface area is 522 Å². The van der Waals surface area contributed by atoms with Gasteiger partial charge in [-0.25, -0.2) is 0 Å². The summed E-state index contributed by atoms with van der Waals surface area (Å²) >= 11 is 0. The summed E-state index contributed by atoms with van der Waals surface area (Å²) in [5.74, 6) is 1.45. The molecule has 1 fully saturated rings. The normalized spacial score (nSPS) is 16.7. The van der Waals surface area contributed by atoms with Crippen molar-refractivity contribution in [2.24, 2.45) is 61.7 Å². The van der Waals surface area contributed by atoms with E-state index in [1.165, 1.54) is 13.5 Å². The molecule has 21 nitrogen and oxygen atoms in total. The van der Waals surface area contributed by atoms with Gasteiger partial charge in [-0.05, 0) is 58.3 Å². The molecule has 0 aromatic heterocycles. The molecule has 0 radical (unpaired) electrons. The van der Waals surface area contributed by atoms with E-state index in [0.717, 1.165) is 5.92 Å². The first-order valence-corrected chi connectivity index (χ1v) is 30.2. The van der Waals surface area contributed by atoms with Crippen molar-refractivity contribution in [2.75, 3.05) is 74.1 Å². The molecule has 1 aliphatic heterocycles. The van der Waals surface area contributed by atoms with E-state index < -0.39 is 37.3 Å². The van der Waals surface area contributed by atoms with Gasteiger partial charge in [-0.2, -0.15) is 0 Å². The summed E-state index contributed by atoms with van der Waals surface area (Å²) in [6, 6.07) is 0. The molecule has 86 heavy (non-hydrogen) atoms. The average molecular weight is 1240 g/mol. The van der Waals surface area contributed by atoms with E-state index in [1.54, 1.807) is 41.9 Å². The first kappa shape index (κ1) is 96.0. The molecule has 1 rings (SSSR count). The molecule has 21 heteroatoms. The number of aliphatic hydroxyl groups excluding tert-OH is 4. The maximum absolute atomic E-state index is 11.7. The number of hydrogen-bond acceptors (Lipinski definition) is 19. The highest BCUT2D eigenvalue weighted by Crippen LogP contribution is 2.24. The highest BCUT2D eigenvalue weighted by molar-refractivity contribution is 5.85. The number of unbranched alkanes of at least 4 members (excludes halogenated alkanes) is 1. The molecule has 1 heterocycles. The number of carbonyl (C=O) groups excluding carboxylic acids is 8. The summed E-state index contributed by atoms with van der Waals surface area (Å²) in [5, 5.41) is 40.8. The van der Waals surface area contributed by atoms with Crippen LogP contribution < -0.4 is 16.8 Å². The highest BCUT2D eigenvalue weighted by atomic mass is 16.7. The van der Waals surface area contributed by atoms with Crippen molar-refractivity contribution in [3.63, 3.8) is 0 Å². The van der Waals surface area contributed by atoms with E-state index in [0.29, 0.717) is 70.4 Å². The van der Waals surface area contributed by atoms with Crippen molar-refractivity contribution < 1.29 is 87.2 Å². The lowest BCUT2D eigenvalue weighted by Crippen LogP contribution is -2.59. The molecule has 5 atom stereocenters. The predicted molar refractivity (Wildman–Crippen MR) is 342 cm³/mol. The number of esters is 1. The average Bonchev–Trinajstić information content (AvgIpc) is 3.58. The second-order valence-corrected chi connectivity index (χ2v) is 28.3. The Morgan fingerprint density at radius 1 is 0.547 bits per heavy atom. The van der Waals surface area contributed by atoms with E-state index in [9.17, 15) is 53.7 Å². The standard InChI is InChI=1S/C17H31NO8.C9H18O3.C8H16O2.C8H18.C6H13NO.C6H12O2.C6H12O.C5H11NO/c1-10(2)11(20)5-3-4-6-13(21)18-7-8-25-17-16(24)15(23)14(22)12(9-19)26-17;1-8(2)9(10)4-5-12-7-6-11-3;1-8(2,3)7(9)5-6-10-4;1-7(2)6-8(3,4)5;1-6(2,3)5(8)4-7;1-6(2,3)5(7)8-4;1-5(7)6(2,3)4;1-5(2,3)4(6)7/h10,12,14-17,19,22-24H,3-9H2,1-2H3,(H,18,21);8H,4-7H2,1-3H3;5-6H2,1-4H3;7H,6H2,1-5H3;4,7H2,1-3H3;1-4H3;1-4H3;1-3H3,(H2,6,7)/t12-,14-,15+,16-,17-;;;;;;;/m1......./s1. The van der Waals surface area contributed by atoms with Gasteiger partial charge in [0.15, 0.2) is 12.1 Å². The van der Waals surface area contributed by atoms with E-state index in [-0.39, 0.29) is 105 Å². The number of primary amides is 1. The van der Waals surface area contributed by atoms with Gasteiger partial charge in [-0.1, -0.05) is 145 Å². The van der Waals surface area contributed by atoms with E-state index >= 15 is 0 Å². The SMILES string of the molecule is CC(=O)C(C)(C)C.CC(C)(C)C(=O)CN.CC(C)(C)C(N)=O.CC(C)C(=O)CCCCC(=O)NCCO[C@@H]1O[C@H](CO)[C@@H](O)[C@H](O)[C@H]1O.CC(C)CC(C)(C)C.COC(=O)C(C)(C)C.COCCC(=O)C(C)(C)C.COCCOCCC(=O)C(C)C. The van der Waals surface area contributed by atoms with Crippen LogP contribution in [-0.4, -0.2) is 172 Å². The van der Waals surface area contributed by atoms with Crippen molar-refractivity contribution in [1.82, 2.24) is 5.32 Å². The number of ether oxygens (including phenoxy) is 6. The molecule has 1 aliphatic rings. The summed E-state index contributed by atoms with van der Waals surface area (Å²) in [6.07, 6.45) is -2.16. The monoisotopic (exact) mass is 1240 g/mol. The van der Waals surface area contributed by atoms with Crippen molar-refractivity contribution >= 4 is 46.7 Å². The molecule has 0 aromatic carbocycles. The van der Waals surface area contributed by atoms with Crippen LogP contribution in [-0.2, 0) is 66.8 Å². The number of methoxy groups -OCH3 is 3. The summed E-state index contributed by atoms with van der Waals surface area (Å²) < 4.78 is 29.6. The second-order valence-electron chi connectivity index (χ2n) is 28.3. The fourth-order valence-corrected chi connectivity index (χ4v) is 5.65. The number of amides is 2. The van der Waals surface area contributed by atoms with Gasteiger partial charge >= 0.3 is 5.97 Å². The van der Waals surface area contributed by atoms with Crippen LogP contribution in [0.3, 0.4) is 0 Å². The number of Topliss-reactive ketones (excluding diaryl/α,β-unsaturated/α-hetero) is 5. The summed E-state index contributed by atoms with van der Waals surface area (Å²) in [7, 11) is 4.63. The smallest absolute Gasteiger partial charge is 0.310 e. The number of nitrogens with one attached hydrogen (secondary N) is 1. The molecule has 0 unspecified atom stereocenters. The largest absolute Gasteiger partial charge is 0.469 e. The fraction of sp³-hybridized carbons (Fsp3) is 0.877. The number of carbonyl (C=O) groups is 8. The Morgan fingerprint density at radius 3 is 1.27 bits per heavy atom. The molecule has 514 valence electrons. The Morgan fingerprint density at radius 2 is 0.977 bits per heavy atom. The van der Waals surface area contributed by atoms with Gasteiger partial charge in [0.1, 0.15) is 47.5 Å². The summed E-state index contributed by atoms with van der Waals surface area (Å²) in [5.41, 5.74) is 9.24. The molecular formula is C65H131N3O18. The van der Waals surface area contributed by atoms with Crippen LogP contribution in [0.5, 0.6) is 0 Å². The van der Waals surface area contributed by atoms with Gasteiger partial charge in [0.25, 0.3) is 0 Å². The number of aliphatic hydroxyl groups is 4. The molecule has 1 saturated heterocycles. The molecule has 0 aliphatic carbocycles. The zero-order valence-electron chi connectivity index (χ0n) is 59.4. The lowest BCUT2D eigenvalue weighted by Gasteiger charge is -2.39. The Kier molecular flexibility index (Phi) is 56.0. The number of hydrogen-bond donors (Lipinski definition) is 7. The Bertz CT molecular complexity index is 1760. The van der Waals surface area contributed by atoms with Gasteiger partial charge < -0.3 is 65.6 Å². The van der Waals surface area contributed by atoms with E-state index in [2.05, 4.69) is 44.7 Å². The summed E-state index contributed by atoms with van der Waals surface area (Å²) in [4.78, 5) is 87.4. The van der Waals surface area contributed by atoms with Crippen LogP contribution in [0, 0.1) is 50.2 Å². The van der Waals surface area contributed by atoms with Crippen LogP contribution >= 0.6 is 0 Å². The van der Waals surface area contributed by atoms with Crippen molar-refractivity contribution in [1.29, 1.82) is 0 Å². The first-order chi connectivity index (χ1) is 38.7. The highest BCUT2D eigenvalue weighted by Gasteiger charge is 2.44. The fourth-order valence-electron chi connectivity index (χ4n) is 5.65. The maximum Gasteiger partial charge on any atom is 0.310 e. The van der Waals surface area contributed by atoms with Gasteiger partial charge in [-0.15, -0.1) is 0 Å². The maximum atomic E-state index is 11.7. The van der Waals surface area contributed by atoms with Gasteiger partial charge in [0, 0.05) is 79.9 Å². The van der Waals surface area contributed by atoms with Gasteiger partial charge in [0.05, 0.1) is 58.7 Å². The number of rotatable bonds is 23. The lowest BCUT2D eigenvalue weighted by atomic mass is 9.86. The quantitative estimate of drug-likeness (QED) is 0.0372. The third-order valence-electron chi connectivity index (χ3n) is 11.8. The molecule has 2 amide bonds. The minimum Gasteiger partial charge on any atom is -0.469 e. The Hall–Kier alpha value is -3.64. The number of ketones is 5. The van der Waals surface area contributed by atoms with Crippen molar-refractivity contribution in [3.05, 3.63) is 0 Å². The first-order valence-electron chi connectivity index (χ1n) is 30.2. The third kappa shape index (κ3) is 62.0. The van der Waals surface area contributed by atoms with Crippen molar-refractivity contribution in [2.45, 2.75) is 249 Å². The minimum absolute atomic E-state index is 0.0170.